The molecule has 0 fully saturated rings. The van der Waals surface area contributed by atoms with Gasteiger partial charge in [-0.3, -0.25) is 4.79 Å². The Morgan fingerprint density at radius 1 is 1.37 bits per heavy atom. The Labute approximate surface area is 113 Å². The topological polar surface area (TPSA) is 41.6 Å². The highest BCUT2D eigenvalue weighted by atomic mass is 19.1. The van der Waals surface area contributed by atoms with Crippen LogP contribution in [0.4, 0.5) is 4.39 Å². The van der Waals surface area contributed by atoms with Crippen molar-refractivity contribution in [2.24, 2.45) is 0 Å². The van der Waals surface area contributed by atoms with Crippen LogP contribution in [0.5, 0.6) is 5.75 Å². The molecule has 106 valence electrons. The number of ether oxygens (including phenoxy) is 1. The van der Waals surface area contributed by atoms with Gasteiger partial charge in [-0.05, 0) is 39.1 Å². The molecule has 1 aromatic carbocycles. The first-order valence-electron chi connectivity index (χ1n) is 6.21. The summed E-state index contributed by atoms with van der Waals surface area (Å²) in [6.07, 6.45) is -0.608. The number of amides is 1. The van der Waals surface area contributed by atoms with Gasteiger partial charge in [0.2, 0.25) is 0 Å². The summed E-state index contributed by atoms with van der Waals surface area (Å²) in [7, 11) is 5.13. The molecular formula is C14H21FN2O2. The van der Waals surface area contributed by atoms with Crippen molar-refractivity contribution in [3.63, 3.8) is 0 Å². The first-order chi connectivity index (χ1) is 8.86. The lowest BCUT2D eigenvalue weighted by molar-refractivity contribution is -0.135. The number of hydrogen-bond donors (Lipinski definition) is 1. The fourth-order valence-corrected chi connectivity index (χ4v) is 1.73. The first-order valence-corrected chi connectivity index (χ1v) is 6.21. The van der Waals surface area contributed by atoms with E-state index in [-0.39, 0.29) is 17.8 Å². The summed E-state index contributed by atoms with van der Waals surface area (Å²) in [4.78, 5) is 13.2. The van der Waals surface area contributed by atoms with E-state index in [0.717, 1.165) is 0 Å². The van der Waals surface area contributed by atoms with Gasteiger partial charge in [-0.1, -0.05) is 0 Å². The molecule has 1 rings (SSSR count). The fourth-order valence-electron chi connectivity index (χ4n) is 1.73. The van der Waals surface area contributed by atoms with E-state index in [1.54, 1.807) is 34.1 Å². The average Bonchev–Trinajstić information content (AvgIpc) is 2.38. The predicted molar refractivity (Wildman–Crippen MR) is 72.7 cm³/mol. The number of benzene rings is 1. The molecular weight excluding hydrogens is 247 g/mol. The Morgan fingerprint density at radius 3 is 2.53 bits per heavy atom. The van der Waals surface area contributed by atoms with E-state index in [0.29, 0.717) is 11.3 Å². The van der Waals surface area contributed by atoms with Crippen molar-refractivity contribution in [2.75, 3.05) is 21.1 Å². The summed E-state index contributed by atoms with van der Waals surface area (Å²) >= 11 is 0. The molecule has 4 nitrogen and oxygen atoms in total. The van der Waals surface area contributed by atoms with E-state index in [4.69, 9.17) is 4.74 Å². The van der Waals surface area contributed by atoms with Crippen molar-refractivity contribution in [3.05, 3.63) is 29.6 Å². The molecule has 1 amide bonds. The molecule has 0 spiro atoms. The molecule has 1 aromatic rings. The van der Waals surface area contributed by atoms with Crippen LogP contribution in [0.25, 0.3) is 0 Å². The van der Waals surface area contributed by atoms with E-state index < -0.39 is 6.10 Å². The van der Waals surface area contributed by atoms with Crippen LogP contribution in [0.2, 0.25) is 0 Å². The smallest absolute Gasteiger partial charge is 0.262 e. The fraction of sp³-hybridized carbons (Fsp3) is 0.500. The molecule has 0 radical (unpaired) electrons. The zero-order chi connectivity index (χ0) is 14.6. The van der Waals surface area contributed by atoms with Gasteiger partial charge in [0.15, 0.2) is 6.10 Å². The van der Waals surface area contributed by atoms with Crippen LogP contribution in [0, 0.1) is 5.82 Å². The van der Waals surface area contributed by atoms with Gasteiger partial charge >= 0.3 is 0 Å². The third-order valence-electron chi connectivity index (χ3n) is 2.96. The monoisotopic (exact) mass is 268 g/mol. The summed E-state index contributed by atoms with van der Waals surface area (Å²) in [6, 6.07) is 4.24. The number of hydrogen-bond acceptors (Lipinski definition) is 3. The molecule has 0 bridgehead atoms. The third-order valence-corrected chi connectivity index (χ3v) is 2.96. The largest absolute Gasteiger partial charge is 0.481 e. The number of halogens is 1. The molecule has 0 aliphatic heterocycles. The molecule has 2 unspecified atom stereocenters. The zero-order valence-electron chi connectivity index (χ0n) is 12.0. The quantitative estimate of drug-likeness (QED) is 0.887. The Bertz CT molecular complexity index is 449. The van der Waals surface area contributed by atoms with E-state index in [1.165, 1.54) is 17.0 Å². The highest BCUT2D eigenvalue weighted by Gasteiger charge is 2.19. The molecule has 0 aliphatic carbocycles. The normalized spacial score (nSPS) is 13.8. The summed E-state index contributed by atoms with van der Waals surface area (Å²) in [5.74, 6) is 0.0642. The maximum absolute atomic E-state index is 13.3. The van der Waals surface area contributed by atoms with Crippen molar-refractivity contribution in [2.45, 2.75) is 26.0 Å². The van der Waals surface area contributed by atoms with Crippen molar-refractivity contribution < 1.29 is 13.9 Å². The van der Waals surface area contributed by atoms with Crippen LogP contribution in [0.15, 0.2) is 18.2 Å². The lowest BCUT2D eigenvalue weighted by Gasteiger charge is -2.22. The van der Waals surface area contributed by atoms with Crippen LogP contribution in [-0.2, 0) is 4.79 Å². The van der Waals surface area contributed by atoms with Gasteiger partial charge in [-0.25, -0.2) is 4.39 Å². The predicted octanol–water partition coefficient (Wildman–Crippen LogP) is 1.96. The summed E-state index contributed by atoms with van der Waals surface area (Å²) < 4.78 is 19.0. The maximum atomic E-state index is 13.3. The highest BCUT2D eigenvalue weighted by molar-refractivity contribution is 5.80. The minimum Gasteiger partial charge on any atom is -0.481 e. The molecule has 0 aliphatic rings. The first kappa shape index (κ1) is 15.4. The minimum atomic E-state index is -0.608. The van der Waals surface area contributed by atoms with Gasteiger partial charge in [-0.15, -0.1) is 0 Å². The van der Waals surface area contributed by atoms with E-state index >= 15 is 0 Å². The Hall–Kier alpha value is -1.62. The number of nitrogens with one attached hydrogen (secondary N) is 1. The Kier molecular flexibility index (Phi) is 5.30. The van der Waals surface area contributed by atoms with Gasteiger partial charge in [-0.2, -0.15) is 0 Å². The summed E-state index contributed by atoms with van der Waals surface area (Å²) in [6.45, 7) is 3.58. The molecule has 0 heterocycles. The van der Waals surface area contributed by atoms with Crippen LogP contribution in [0.1, 0.15) is 25.5 Å². The summed E-state index contributed by atoms with van der Waals surface area (Å²) in [5, 5.41) is 3.03. The number of likely N-dealkylation sites (N-methyl/N-ethyl adjacent to an activating group) is 1. The van der Waals surface area contributed by atoms with Crippen LogP contribution in [0.3, 0.4) is 0 Å². The second-order valence-corrected chi connectivity index (χ2v) is 4.69. The molecule has 0 aromatic heterocycles. The van der Waals surface area contributed by atoms with Crippen molar-refractivity contribution in [1.29, 1.82) is 0 Å². The van der Waals surface area contributed by atoms with Crippen LogP contribution < -0.4 is 10.1 Å². The van der Waals surface area contributed by atoms with E-state index in [1.807, 2.05) is 6.92 Å². The number of carbonyl (C=O) groups is 1. The average molecular weight is 268 g/mol. The van der Waals surface area contributed by atoms with Gasteiger partial charge in [0.05, 0.1) is 0 Å². The second kappa shape index (κ2) is 6.52. The molecule has 0 saturated heterocycles. The standard InChI is InChI=1S/C14H21FN2O2/c1-9(16-3)12-8-11(15)6-7-13(12)19-10(2)14(18)17(4)5/h6-10,16H,1-5H3. The number of nitrogens with zero attached hydrogens (tertiary/aromatic N) is 1. The van der Waals surface area contributed by atoms with E-state index in [9.17, 15) is 9.18 Å². The minimum absolute atomic E-state index is 0.0626. The van der Waals surface area contributed by atoms with Crippen LogP contribution >= 0.6 is 0 Å². The van der Waals surface area contributed by atoms with Gasteiger partial charge < -0.3 is 15.0 Å². The molecule has 19 heavy (non-hydrogen) atoms. The Balaban J connectivity index is 2.97. The lowest BCUT2D eigenvalue weighted by atomic mass is 10.1. The van der Waals surface area contributed by atoms with Crippen LogP contribution in [-0.4, -0.2) is 38.1 Å². The maximum Gasteiger partial charge on any atom is 0.262 e. The Morgan fingerprint density at radius 2 is 2.00 bits per heavy atom. The number of carbonyl (C=O) groups excluding carboxylic acids is 1. The number of rotatable bonds is 5. The zero-order valence-corrected chi connectivity index (χ0v) is 12.0. The molecule has 0 saturated carbocycles. The van der Waals surface area contributed by atoms with Gasteiger partial charge in [0, 0.05) is 25.7 Å². The third kappa shape index (κ3) is 3.92. The van der Waals surface area contributed by atoms with Crippen molar-refractivity contribution in [1.82, 2.24) is 10.2 Å². The highest BCUT2D eigenvalue weighted by Crippen LogP contribution is 2.27. The van der Waals surface area contributed by atoms with E-state index in [2.05, 4.69) is 5.32 Å². The molecule has 2 atom stereocenters. The SMILES string of the molecule is CNC(C)c1cc(F)ccc1OC(C)C(=O)N(C)C. The molecule has 5 heteroatoms. The molecule has 1 N–H and O–H groups in total. The van der Waals surface area contributed by atoms with Crippen molar-refractivity contribution in [3.8, 4) is 5.75 Å². The van der Waals surface area contributed by atoms with Gasteiger partial charge in [0.1, 0.15) is 11.6 Å². The van der Waals surface area contributed by atoms with Gasteiger partial charge in [0.25, 0.3) is 5.91 Å². The summed E-state index contributed by atoms with van der Waals surface area (Å²) in [5.41, 5.74) is 0.695. The second-order valence-electron chi connectivity index (χ2n) is 4.69. The van der Waals surface area contributed by atoms with Crippen molar-refractivity contribution >= 4 is 5.91 Å². The lowest BCUT2D eigenvalue weighted by Crippen LogP contribution is -2.35.